The normalized spacial score (nSPS) is 11.2. The molecule has 0 aliphatic rings. The Kier molecular flexibility index (Phi) is 2.60. The van der Waals surface area contributed by atoms with E-state index in [-0.39, 0.29) is 5.69 Å². The lowest BCUT2D eigenvalue weighted by molar-refractivity contribution is 0.0689. The highest BCUT2D eigenvalue weighted by atomic mass is 16.4. The van der Waals surface area contributed by atoms with Gasteiger partial charge in [0.1, 0.15) is 5.65 Å². The molecule has 0 fully saturated rings. The Bertz CT molecular complexity index is 829. The molecule has 3 heterocycles. The van der Waals surface area contributed by atoms with Crippen LogP contribution in [-0.4, -0.2) is 30.2 Å². The van der Waals surface area contributed by atoms with E-state index in [1.165, 1.54) is 0 Å². The molecular formula is C14H14N4O2. The first-order valence-electron chi connectivity index (χ1n) is 6.24. The van der Waals surface area contributed by atoms with E-state index in [4.69, 9.17) is 0 Å². The van der Waals surface area contributed by atoms with Crippen molar-refractivity contribution in [1.82, 2.24) is 19.2 Å². The summed E-state index contributed by atoms with van der Waals surface area (Å²) in [5.41, 5.74) is 3.51. The zero-order valence-corrected chi connectivity index (χ0v) is 11.5. The van der Waals surface area contributed by atoms with E-state index in [0.29, 0.717) is 11.5 Å². The number of imidazole rings is 1. The van der Waals surface area contributed by atoms with E-state index in [1.807, 2.05) is 26.8 Å². The number of pyridine rings is 1. The van der Waals surface area contributed by atoms with Gasteiger partial charge in [0.25, 0.3) is 0 Å². The number of hydrogen-bond acceptors (Lipinski definition) is 3. The Morgan fingerprint density at radius 3 is 2.60 bits per heavy atom. The van der Waals surface area contributed by atoms with Crippen molar-refractivity contribution < 1.29 is 9.90 Å². The van der Waals surface area contributed by atoms with E-state index in [0.717, 1.165) is 17.0 Å². The summed E-state index contributed by atoms with van der Waals surface area (Å²) < 4.78 is 3.16. The van der Waals surface area contributed by atoms with E-state index in [9.17, 15) is 9.90 Å². The molecule has 6 heteroatoms. The van der Waals surface area contributed by atoms with Crippen LogP contribution in [0.1, 0.15) is 27.4 Å². The number of carboxylic acids is 1. The maximum absolute atomic E-state index is 11.6. The Morgan fingerprint density at radius 1 is 1.25 bits per heavy atom. The number of nitrogens with zero attached hydrogens (tertiary/aromatic N) is 4. The number of rotatable bonds is 2. The predicted octanol–water partition coefficient (Wildman–Crippen LogP) is 2.14. The number of carboxylic acid groups (broad SMARTS) is 1. The maximum atomic E-state index is 11.6. The zero-order valence-electron chi connectivity index (χ0n) is 11.5. The first-order valence-corrected chi connectivity index (χ1v) is 6.24. The fourth-order valence-corrected chi connectivity index (χ4v) is 2.26. The van der Waals surface area contributed by atoms with Crippen molar-refractivity contribution >= 4 is 11.6 Å². The van der Waals surface area contributed by atoms with Gasteiger partial charge in [0.05, 0.1) is 5.69 Å². The minimum Gasteiger partial charge on any atom is -0.476 e. The SMILES string of the molecule is Cc1nn(-c2nc3ccccn3c2C(=O)O)c(C)c1C. The third-order valence-corrected chi connectivity index (χ3v) is 3.57. The summed E-state index contributed by atoms with van der Waals surface area (Å²) in [4.78, 5) is 16.0. The van der Waals surface area contributed by atoms with Crippen LogP contribution in [0.2, 0.25) is 0 Å². The first-order chi connectivity index (χ1) is 9.50. The van der Waals surface area contributed by atoms with Gasteiger partial charge in [-0.1, -0.05) is 6.07 Å². The topological polar surface area (TPSA) is 72.4 Å². The molecule has 0 aromatic carbocycles. The third kappa shape index (κ3) is 1.61. The molecule has 0 spiro atoms. The van der Waals surface area contributed by atoms with Crippen LogP contribution in [0.15, 0.2) is 24.4 Å². The van der Waals surface area contributed by atoms with Crippen molar-refractivity contribution in [3.05, 3.63) is 47.0 Å². The number of aryl methyl sites for hydroxylation is 1. The van der Waals surface area contributed by atoms with Gasteiger partial charge in [-0.2, -0.15) is 5.10 Å². The number of aromatic nitrogens is 4. The zero-order chi connectivity index (χ0) is 14.4. The summed E-state index contributed by atoms with van der Waals surface area (Å²) in [5, 5.41) is 13.9. The Labute approximate surface area is 115 Å². The molecule has 0 aliphatic heterocycles. The van der Waals surface area contributed by atoms with Gasteiger partial charge in [0.15, 0.2) is 11.5 Å². The second-order valence-electron chi connectivity index (χ2n) is 4.73. The number of fused-ring (bicyclic) bond motifs is 1. The van der Waals surface area contributed by atoms with Crippen molar-refractivity contribution in [3.63, 3.8) is 0 Å². The van der Waals surface area contributed by atoms with Crippen LogP contribution in [0.4, 0.5) is 0 Å². The molecular weight excluding hydrogens is 256 g/mol. The van der Waals surface area contributed by atoms with E-state index in [2.05, 4.69) is 10.1 Å². The molecule has 20 heavy (non-hydrogen) atoms. The quantitative estimate of drug-likeness (QED) is 0.774. The molecule has 3 aromatic rings. The van der Waals surface area contributed by atoms with Crippen molar-refractivity contribution in [2.75, 3.05) is 0 Å². The second kappa shape index (κ2) is 4.19. The average Bonchev–Trinajstić information content (AvgIpc) is 2.92. The smallest absolute Gasteiger partial charge is 0.356 e. The van der Waals surface area contributed by atoms with E-state index < -0.39 is 5.97 Å². The van der Waals surface area contributed by atoms with Crippen molar-refractivity contribution in [2.45, 2.75) is 20.8 Å². The van der Waals surface area contributed by atoms with E-state index >= 15 is 0 Å². The molecule has 6 nitrogen and oxygen atoms in total. The standard InChI is InChI=1S/C14H14N4O2/c1-8-9(2)16-18(10(8)3)13-12(14(19)20)17-7-5-4-6-11(17)15-13/h4-7H,1-3H3,(H,19,20). The predicted molar refractivity (Wildman–Crippen MR) is 73.5 cm³/mol. The van der Waals surface area contributed by atoms with Gasteiger partial charge in [-0.25, -0.2) is 14.5 Å². The summed E-state index contributed by atoms with van der Waals surface area (Å²) in [6.45, 7) is 5.77. The van der Waals surface area contributed by atoms with Crippen LogP contribution in [0, 0.1) is 20.8 Å². The molecule has 0 atom stereocenters. The average molecular weight is 270 g/mol. The Morgan fingerprint density at radius 2 is 2.00 bits per heavy atom. The molecule has 3 aromatic heterocycles. The lowest BCUT2D eigenvalue weighted by Crippen LogP contribution is -2.09. The maximum Gasteiger partial charge on any atom is 0.356 e. The molecule has 0 radical (unpaired) electrons. The van der Waals surface area contributed by atoms with Gasteiger partial charge in [-0.3, -0.25) is 4.40 Å². The summed E-state index contributed by atoms with van der Waals surface area (Å²) in [6.07, 6.45) is 1.69. The van der Waals surface area contributed by atoms with Crippen LogP contribution in [0.25, 0.3) is 11.5 Å². The third-order valence-electron chi connectivity index (χ3n) is 3.57. The largest absolute Gasteiger partial charge is 0.476 e. The fourth-order valence-electron chi connectivity index (χ4n) is 2.26. The molecule has 0 amide bonds. The highest BCUT2D eigenvalue weighted by Gasteiger charge is 2.22. The Balaban J connectivity index is 2.38. The lowest BCUT2D eigenvalue weighted by Gasteiger charge is -2.02. The van der Waals surface area contributed by atoms with Crippen LogP contribution in [0.3, 0.4) is 0 Å². The molecule has 0 aliphatic carbocycles. The minimum absolute atomic E-state index is 0.117. The monoisotopic (exact) mass is 270 g/mol. The van der Waals surface area contributed by atoms with Gasteiger partial charge in [0, 0.05) is 11.9 Å². The molecule has 0 saturated heterocycles. The summed E-state index contributed by atoms with van der Waals surface area (Å²) in [7, 11) is 0. The van der Waals surface area contributed by atoms with Gasteiger partial charge in [-0.05, 0) is 38.5 Å². The van der Waals surface area contributed by atoms with Crippen LogP contribution < -0.4 is 0 Å². The van der Waals surface area contributed by atoms with Gasteiger partial charge in [0.2, 0.25) is 0 Å². The molecule has 102 valence electrons. The fraction of sp³-hybridized carbons (Fsp3) is 0.214. The minimum atomic E-state index is -1.02. The van der Waals surface area contributed by atoms with Crippen molar-refractivity contribution in [1.29, 1.82) is 0 Å². The summed E-state index contributed by atoms with van der Waals surface area (Å²) >= 11 is 0. The van der Waals surface area contributed by atoms with Crippen LogP contribution >= 0.6 is 0 Å². The van der Waals surface area contributed by atoms with Crippen LogP contribution in [0.5, 0.6) is 0 Å². The van der Waals surface area contributed by atoms with E-state index in [1.54, 1.807) is 27.4 Å². The van der Waals surface area contributed by atoms with Gasteiger partial charge in [-0.15, -0.1) is 0 Å². The molecule has 0 unspecified atom stereocenters. The number of aromatic carboxylic acids is 1. The summed E-state index contributed by atoms with van der Waals surface area (Å²) in [5.74, 6) is -0.679. The molecule has 0 saturated carbocycles. The second-order valence-corrected chi connectivity index (χ2v) is 4.73. The molecule has 1 N–H and O–H groups in total. The first kappa shape index (κ1) is 12.4. The van der Waals surface area contributed by atoms with Crippen LogP contribution in [-0.2, 0) is 0 Å². The van der Waals surface area contributed by atoms with Gasteiger partial charge >= 0.3 is 5.97 Å². The lowest BCUT2D eigenvalue weighted by atomic mass is 10.2. The highest BCUT2D eigenvalue weighted by Crippen LogP contribution is 2.21. The number of carbonyl (C=O) groups is 1. The van der Waals surface area contributed by atoms with Crippen molar-refractivity contribution in [3.8, 4) is 5.82 Å². The van der Waals surface area contributed by atoms with Gasteiger partial charge < -0.3 is 5.11 Å². The number of hydrogen-bond donors (Lipinski definition) is 1. The highest BCUT2D eigenvalue weighted by molar-refractivity contribution is 5.90. The van der Waals surface area contributed by atoms with Crippen molar-refractivity contribution in [2.24, 2.45) is 0 Å². The summed E-state index contributed by atoms with van der Waals surface area (Å²) in [6, 6.07) is 5.37. The molecule has 3 rings (SSSR count). The Hall–Kier alpha value is -2.63. The molecule has 0 bridgehead atoms.